The minimum Gasteiger partial charge on any atom is -0.455 e. The lowest BCUT2D eigenvalue weighted by Gasteiger charge is -2.20. The minimum atomic E-state index is -3.89. The number of aromatic nitrogens is 1. The van der Waals surface area contributed by atoms with Crippen molar-refractivity contribution in [3.63, 3.8) is 0 Å². The van der Waals surface area contributed by atoms with Gasteiger partial charge in [0.2, 0.25) is 10.0 Å². The van der Waals surface area contributed by atoms with Crippen LogP contribution in [0.3, 0.4) is 0 Å². The second-order valence-corrected chi connectivity index (χ2v) is 11.3. The summed E-state index contributed by atoms with van der Waals surface area (Å²) >= 11 is 0. The number of H-pyrrole nitrogens is 1. The average molecular weight is 596 g/mol. The highest BCUT2D eigenvalue weighted by molar-refractivity contribution is 7.92. The number of furan rings is 1. The maximum Gasteiger partial charge on any atom is 0.286 e. The molecule has 5 aromatic rings. The Kier molecular flexibility index (Phi) is 7.16. The van der Waals surface area contributed by atoms with Gasteiger partial charge in [0.1, 0.15) is 28.7 Å². The molecule has 2 aromatic heterocycles. The van der Waals surface area contributed by atoms with E-state index < -0.39 is 39.4 Å². The summed E-state index contributed by atoms with van der Waals surface area (Å²) in [6, 6.07) is 13.3. The molecule has 5 rings (SSSR count). The summed E-state index contributed by atoms with van der Waals surface area (Å²) in [5.41, 5.74) is 4.87. The van der Waals surface area contributed by atoms with Crippen LogP contribution in [0.25, 0.3) is 33.2 Å². The lowest BCUT2D eigenvalue weighted by Crippen LogP contribution is -2.42. The monoisotopic (exact) mass is 595 g/mol. The lowest BCUT2D eigenvalue weighted by molar-refractivity contribution is 0.0845. The Morgan fingerprint density at radius 1 is 0.905 bits per heavy atom. The first-order valence-corrected chi connectivity index (χ1v) is 14.1. The van der Waals surface area contributed by atoms with Crippen molar-refractivity contribution in [3.8, 4) is 11.3 Å². The maximum atomic E-state index is 14.1. The molecule has 11 nitrogen and oxygen atoms in total. The molecule has 3 aromatic carbocycles. The number of amides is 3. The van der Waals surface area contributed by atoms with Gasteiger partial charge in [0.05, 0.1) is 23.1 Å². The molecular formula is C28H23F2N5O6S. The van der Waals surface area contributed by atoms with E-state index in [1.54, 1.807) is 6.07 Å². The molecular weight excluding hydrogens is 572 g/mol. The van der Waals surface area contributed by atoms with Crippen LogP contribution in [0, 0.1) is 11.6 Å². The van der Waals surface area contributed by atoms with E-state index in [9.17, 15) is 31.6 Å². The standard InChI is InChI=1S/C28H23F2N5O6S/c1-31-28(38)24-18-11-17(26(36)33-34-27(37)21-12-16-19(30)5-4-6-20(16)32-21)22(35(2)42(3,39)40)13-23(18)41-25(24)14-7-9-15(29)10-8-14/h4-13,32H,1-3H3,(H,31,38)(H,33,36)(H,34,37). The molecule has 0 radical (unpaired) electrons. The number of anilines is 1. The zero-order valence-electron chi connectivity index (χ0n) is 22.3. The van der Waals surface area contributed by atoms with Crippen LogP contribution in [-0.2, 0) is 10.0 Å². The molecule has 0 bridgehead atoms. The zero-order valence-corrected chi connectivity index (χ0v) is 23.2. The number of sulfonamides is 1. The van der Waals surface area contributed by atoms with E-state index in [0.717, 1.165) is 10.6 Å². The summed E-state index contributed by atoms with van der Waals surface area (Å²) in [7, 11) is -1.29. The topological polar surface area (TPSA) is 154 Å². The SMILES string of the molecule is CNC(=O)c1c(-c2ccc(F)cc2)oc2cc(N(C)S(C)(=O)=O)c(C(=O)NNC(=O)c3cc4c(F)cccc4[nH]3)cc12. The number of nitrogens with one attached hydrogen (secondary N) is 4. The highest BCUT2D eigenvalue weighted by Crippen LogP contribution is 2.38. The van der Waals surface area contributed by atoms with E-state index in [-0.39, 0.29) is 44.6 Å². The molecule has 0 aliphatic rings. The summed E-state index contributed by atoms with van der Waals surface area (Å²) in [6.07, 6.45) is 0.928. The van der Waals surface area contributed by atoms with E-state index in [1.165, 1.54) is 68.7 Å². The van der Waals surface area contributed by atoms with Gasteiger partial charge < -0.3 is 14.7 Å². The number of nitrogens with zero attached hydrogens (tertiary/aromatic N) is 1. The largest absolute Gasteiger partial charge is 0.455 e. The highest BCUT2D eigenvalue weighted by atomic mass is 32.2. The predicted molar refractivity (Wildman–Crippen MR) is 151 cm³/mol. The molecule has 2 heterocycles. The molecule has 42 heavy (non-hydrogen) atoms. The van der Waals surface area contributed by atoms with Crippen molar-refractivity contribution in [1.82, 2.24) is 21.2 Å². The molecule has 0 atom stereocenters. The molecule has 0 fully saturated rings. The number of halogens is 2. The Labute approximate surface area is 237 Å². The van der Waals surface area contributed by atoms with Crippen molar-refractivity contribution in [1.29, 1.82) is 0 Å². The fourth-order valence-electron chi connectivity index (χ4n) is 4.40. The minimum absolute atomic E-state index is 0.0193. The molecule has 0 unspecified atom stereocenters. The van der Waals surface area contributed by atoms with Gasteiger partial charge in [0.25, 0.3) is 17.7 Å². The summed E-state index contributed by atoms with van der Waals surface area (Å²) in [6.45, 7) is 0. The van der Waals surface area contributed by atoms with Crippen LogP contribution in [0.15, 0.2) is 65.1 Å². The van der Waals surface area contributed by atoms with E-state index in [1.807, 2.05) is 0 Å². The number of fused-ring (bicyclic) bond motifs is 2. The van der Waals surface area contributed by atoms with E-state index in [4.69, 9.17) is 4.42 Å². The van der Waals surface area contributed by atoms with Gasteiger partial charge in [-0.3, -0.25) is 29.5 Å². The molecule has 4 N–H and O–H groups in total. The summed E-state index contributed by atoms with van der Waals surface area (Å²) in [5.74, 6) is -3.29. The molecule has 3 amide bonds. The van der Waals surface area contributed by atoms with Crippen molar-refractivity contribution in [3.05, 3.63) is 89.1 Å². The summed E-state index contributed by atoms with van der Waals surface area (Å²) in [4.78, 5) is 41.8. The van der Waals surface area contributed by atoms with Crippen molar-refractivity contribution in [2.24, 2.45) is 0 Å². The normalized spacial score (nSPS) is 11.5. The number of aromatic amines is 1. The van der Waals surface area contributed by atoms with Crippen LogP contribution < -0.4 is 20.5 Å². The van der Waals surface area contributed by atoms with Gasteiger partial charge in [-0.1, -0.05) is 6.07 Å². The number of hydrazine groups is 1. The van der Waals surface area contributed by atoms with Gasteiger partial charge in [-0.2, -0.15) is 0 Å². The van der Waals surface area contributed by atoms with E-state index >= 15 is 0 Å². The predicted octanol–water partition coefficient (Wildman–Crippen LogP) is 3.69. The van der Waals surface area contributed by atoms with Crippen LogP contribution in [0.1, 0.15) is 31.2 Å². The molecule has 0 aliphatic heterocycles. The quantitative estimate of drug-likeness (QED) is 0.220. The first-order valence-electron chi connectivity index (χ1n) is 12.3. The molecule has 14 heteroatoms. The fraction of sp³-hybridized carbons (Fsp3) is 0.107. The molecule has 0 aliphatic carbocycles. The van der Waals surface area contributed by atoms with Crippen LogP contribution in [0.4, 0.5) is 14.5 Å². The van der Waals surface area contributed by atoms with E-state index in [2.05, 4.69) is 21.2 Å². The number of rotatable bonds is 6. The van der Waals surface area contributed by atoms with Crippen molar-refractivity contribution >= 4 is 55.3 Å². The number of hydrogen-bond donors (Lipinski definition) is 4. The Bertz CT molecular complexity index is 2000. The third-order valence-electron chi connectivity index (χ3n) is 6.59. The average Bonchev–Trinajstić information content (AvgIpc) is 3.57. The highest BCUT2D eigenvalue weighted by Gasteiger charge is 2.27. The Morgan fingerprint density at radius 3 is 2.24 bits per heavy atom. The second kappa shape index (κ2) is 10.6. The van der Waals surface area contributed by atoms with Crippen LogP contribution in [-0.4, -0.2) is 51.5 Å². The van der Waals surface area contributed by atoms with Crippen LogP contribution in [0.2, 0.25) is 0 Å². The molecule has 0 saturated carbocycles. The zero-order chi connectivity index (χ0) is 30.3. The van der Waals surface area contributed by atoms with Crippen molar-refractivity contribution in [2.75, 3.05) is 24.7 Å². The van der Waals surface area contributed by atoms with Gasteiger partial charge in [-0.15, -0.1) is 0 Å². The van der Waals surface area contributed by atoms with Crippen molar-refractivity contribution in [2.45, 2.75) is 0 Å². The number of hydrogen-bond acceptors (Lipinski definition) is 6. The first kappa shape index (κ1) is 28.3. The smallest absolute Gasteiger partial charge is 0.286 e. The summed E-state index contributed by atoms with van der Waals surface area (Å²) in [5, 5.41) is 2.83. The first-order chi connectivity index (χ1) is 19.9. The molecule has 0 spiro atoms. The van der Waals surface area contributed by atoms with Crippen LogP contribution in [0.5, 0.6) is 0 Å². The lowest BCUT2D eigenvalue weighted by atomic mass is 10.0. The Hall–Kier alpha value is -5.24. The second-order valence-electron chi connectivity index (χ2n) is 9.28. The van der Waals surface area contributed by atoms with Gasteiger partial charge in [0.15, 0.2) is 0 Å². The van der Waals surface area contributed by atoms with Gasteiger partial charge in [0, 0.05) is 42.0 Å². The number of carbonyl (C=O) groups excluding carboxylic acids is 3. The Morgan fingerprint density at radius 2 is 1.60 bits per heavy atom. The van der Waals surface area contributed by atoms with E-state index in [0.29, 0.717) is 11.1 Å². The third kappa shape index (κ3) is 5.14. The summed E-state index contributed by atoms with van der Waals surface area (Å²) < 4.78 is 59.3. The Balaban J connectivity index is 1.57. The van der Waals surface area contributed by atoms with Crippen molar-refractivity contribution < 1.29 is 36.0 Å². The van der Waals surface area contributed by atoms with Gasteiger partial charge in [-0.25, -0.2) is 17.2 Å². The number of carbonyl (C=O) groups is 3. The molecule has 0 saturated heterocycles. The number of benzene rings is 3. The van der Waals surface area contributed by atoms with Crippen LogP contribution >= 0.6 is 0 Å². The van der Waals surface area contributed by atoms with Gasteiger partial charge in [-0.05, 0) is 48.5 Å². The molecule has 216 valence electrons. The fourth-order valence-corrected chi connectivity index (χ4v) is 4.91. The maximum absolute atomic E-state index is 14.1. The third-order valence-corrected chi connectivity index (χ3v) is 7.78. The van der Waals surface area contributed by atoms with Gasteiger partial charge >= 0.3 is 0 Å².